The molecule has 0 N–H and O–H groups in total. The average Bonchev–Trinajstić information content (AvgIpc) is 2.30. The summed E-state index contributed by atoms with van der Waals surface area (Å²) in [5.41, 5.74) is 0. The van der Waals surface area contributed by atoms with Crippen LogP contribution < -0.4 is 0 Å². The summed E-state index contributed by atoms with van der Waals surface area (Å²) in [5.74, 6) is 0.287. The zero-order valence-electron chi connectivity index (χ0n) is 6.67. The van der Waals surface area contributed by atoms with E-state index in [0.29, 0.717) is 6.04 Å². The van der Waals surface area contributed by atoms with Crippen LogP contribution in [0.15, 0.2) is 0 Å². The van der Waals surface area contributed by atoms with Crippen LogP contribution in [-0.2, 0) is 0 Å². The van der Waals surface area contributed by atoms with Crippen LogP contribution >= 0.6 is 0 Å². The van der Waals surface area contributed by atoms with Crippen molar-refractivity contribution >= 4 is 0 Å². The maximum atomic E-state index is 8.62. The first kappa shape index (κ1) is 7.56. The third-order valence-electron chi connectivity index (χ3n) is 2.34. The predicted octanol–water partition coefficient (Wildman–Crippen LogP) is 1.24. The van der Waals surface area contributed by atoms with Crippen LogP contribution in [0, 0.1) is 17.2 Å². The second-order valence-electron chi connectivity index (χ2n) is 3.06. The lowest BCUT2D eigenvalue weighted by Gasteiger charge is -2.15. The molecule has 2 unspecified atom stereocenters. The normalized spacial score (nSPS) is 34.1. The standard InChI is InChI=1S/C8H14N2/c1-3-8-4-7(5-9)6-10(8)2/h7-8H,3-4,6H2,1-2H3. The summed E-state index contributed by atoms with van der Waals surface area (Å²) in [6.45, 7) is 3.15. The summed E-state index contributed by atoms with van der Waals surface area (Å²) in [7, 11) is 2.10. The molecule has 10 heavy (non-hydrogen) atoms. The highest BCUT2D eigenvalue weighted by atomic mass is 15.1. The van der Waals surface area contributed by atoms with E-state index in [0.717, 1.165) is 13.0 Å². The Bertz CT molecular complexity index is 148. The Morgan fingerprint density at radius 2 is 2.40 bits per heavy atom. The number of hydrogen-bond acceptors (Lipinski definition) is 2. The highest BCUT2D eigenvalue weighted by Crippen LogP contribution is 2.22. The van der Waals surface area contributed by atoms with Crippen LogP contribution in [0.4, 0.5) is 0 Å². The van der Waals surface area contributed by atoms with Crippen LogP contribution in [0.5, 0.6) is 0 Å². The third-order valence-corrected chi connectivity index (χ3v) is 2.34. The van der Waals surface area contributed by atoms with Crippen LogP contribution in [0.2, 0.25) is 0 Å². The molecule has 0 aromatic rings. The van der Waals surface area contributed by atoms with Gasteiger partial charge in [-0.1, -0.05) is 6.92 Å². The lowest BCUT2D eigenvalue weighted by atomic mass is 10.1. The molecule has 0 aromatic carbocycles. The highest BCUT2D eigenvalue weighted by Gasteiger charge is 2.27. The van der Waals surface area contributed by atoms with E-state index in [1.54, 1.807) is 0 Å². The molecule has 1 aliphatic heterocycles. The Hall–Kier alpha value is -0.550. The first-order valence-electron chi connectivity index (χ1n) is 3.87. The Morgan fingerprint density at radius 3 is 2.70 bits per heavy atom. The van der Waals surface area contributed by atoms with E-state index < -0.39 is 0 Å². The Kier molecular flexibility index (Phi) is 2.29. The van der Waals surface area contributed by atoms with E-state index in [-0.39, 0.29) is 5.92 Å². The van der Waals surface area contributed by atoms with Crippen LogP contribution in [0.25, 0.3) is 0 Å². The molecule has 0 aliphatic carbocycles. The molecular formula is C8H14N2. The number of nitriles is 1. The number of likely N-dealkylation sites (tertiary alicyclic amines) is 1. The van der Waals surface area contributed by atoms with Gasteiger partial charge in [-0.05, 0) is 19.9 Å². The van der Waals surface area contributed by atoms with Crippen molar-refractivity contribution in [3.05, 3.63) is 0 Å². The smallest absolute Gasteiger partial charge is 0.0669 e. The van der Waals surface area contributed by atoms with Gasteiger partial charge in [0.15, 0.2) is 0 Å². The van der Waals surface area contributed by atoms with Gasteiger partial charge in [0, 0.05) is 12.6 Å². The van der Waals surface area contributed by atoms with Crippen molar-refractivity contribution in [3.63, 3.8) is 0 Å². The molecule has 1 rings (SSSR count). The molecule has 0 aromatic heterocycles. The molecule has 0 radical (unpaired) electrons. The molecule has 2 atom stereocenters. The van der Waals surface area contributed by atoms with Gasteiger partial charge in [0.25, 0.3) is 0 Å². The van der Waals surface area contributed by atoms with Crippen molar-refractivity contribution in [2.45, 2.75) is 25.8 Å². The van der Waals surface area contributed by atoms with Crippen molar-refractivity contribution in [3.8, 4) is 6.07 Å². The maximum Gasteiger partial charge on any atom is 0.0669 e. The van der Waals surface area contributed by atoms with Crippen LogP contribution in [0.3, 0.4) is 0 Å². The van der Waals surface area contributed by atoms with E-state index in [2.05, 4.69) is 24.9 Å². The summed E-state index contributed by atoms with van der Waals surface area (Å²) in [5, 5.41) is 8.62. The lowest BCUT2D eigenvalue weighted by Crippen LogP contribution is -2.23. The Labute approximate surface area is 62.4 Å². The molecule has 0 spiro atoms. The first-order valence-corrected chi connectivity index (χ1v) is 3.87. The predicted molar refractivity (Wildman–Crippen MR) is 40.4 cm³/mol. The second kappa shape index (κ2) is 3.03. The van der Waals surface area contributed by atoms with Gasteiger partial charge >= 0.3 is 0 Å². The second-order valence-corrected chi connectivity index (χ2v) is 3.06. The minimum absolute atomic E-state index is 0.287. The van der Waals surface area contributed by atoms with Crippen molar-refractivity contribution in [2.75, 3.05) is 13.6 Å². The lowest BCUT2D eigenvalue weighted by molar-refractivity contribution is 0.303. The maximum absolute atomic E-state index is 8.62. The van der Waals surface area contributed by atoms with Gasteiger partial charge in [0.05, 0.1) is 12.0 Å². The van der Waals surface area contributed by atoms with Crippen molar-refractivity contribution < 1.29 is 0 Å². The molecule has 2 nitrogen and oxygen atoms in total. The Balaban J connectivity index is 2.46. The SMILES string of the molecule is CCC1CC(C#N)CN1C. The molecule has 1 heterocycles. The van der Waals surface area contributed by atoms with Gasteiger partial charge in [-0.25, -0.2) is 0 Å². The summed E-state index contributed by atoms with van der Waals surface area (Å²) >= 11 is 0. The number of hydrogen-bond donors (Lipinski definition) is 0. The Morgan fingerprint density at radius 1 is 1.70 bits per heavy atom. The topological polar surface area (TPSA) is 27.0 Å². The van der Waals surface area contributed by atoms with Crippen molar-refractivity contribution in [1.29, 1.82) is 5.26 Å². The largest absolute Gasteiger partial charge is 0.302 e. The fourth-order valence-electron chi connectivity index (χ4n) is 1.65. The number of rotatable bonds is 1. The van der Waals surface area contributed by atoms with E-state index in [1.807, 2.05) is 0 Å². The fourth-order valence-corrected chi connectivity index (χ4v) is 1.65. The van der Waals surface area contributed by atoms with Crippen molar-refractivity contribution in [2.24, 2.45) is 5.92 Å². The third kappa shape index (κ3) is 1.30. The molecule has 0 amide bonds. The van der Waals surface area contributed by atoms with E-state index in [4.69, 9.17) is 5.26 Å². The van der Waals surface area contributed by atoms with Crippen molar-refractivity contribution in [1.82, 2.24) is 4.90 Å². The summed E-state index contributed by atoms with van der Waals surface area (Å²) < 4.78 is 0. The minimum Gasteiger partial charge on any atom is -0.302 e. The van der Waals surface area contributed by atoms with Crippen LogP contribution in [0.1, 0.15) is 19.8 Å². The summed E-state index contributed by atoms with van der Waals surface area (Å²) in [6, 6.07) is 2.97. The molecule has 0 saturated carbocycles. The van der Waals surface area contributed by atoms with Gasteiger partial charge in [-0.15, -0.1) is 0 Å². The van der Waals surface area contributed by atoms with Gasteiger partial charge in [0.1, 0.15) is 0 Å². The fraction of sp³-hybridized carbons (Fsp3) is 0.875. The molecule has 1 aliphatic rings. The molecule has 56 valence electrons. The zero-order chi connectivity index (χ0) is 7.56. The minimum atomic E-state index is 0.287. The van der Waals surface area contributed by atoms with Gasteiger partial charge in [0.2, 0.25) is 0 Å². The molecular weight excluding hydrogens is 124 g/mol. The first-order chi connectivity index (χ1) is 4.77. The highest BCUT2D eigenvalue weighted by molar-refractivity contribution is 4.94. The average molecular weight is 138 g/mol. The monoisotopic (exact) mass is 138 g/mol. The van der Waals surface area contributed by atoms with Crippen LogP contribution in [-0.4, -0.2) is 24.5 Å². The number of nitrogens with zero attached hydrogens (tertiary/aromatic N) is 2. The molecule has 2 heteroatoms. The molecule has 1 fully saturated rings. The van der Waals surface area contributed by atoms with E-state index in [9.17, 15) is 0 Å². The van der Waals surface area contributed by atoms with E-state index in [1.165, 1.54) is 6.42 Å². The molecule has 1 saturated heterocycles. The molecule has 0 bridgehead atoms. The summed E-state index contributed by atoms with van der Waals surface area (Å²) in [6.07, 6.45) is 2.25. The summed E-state index contributed by atoms with van der Waals surface area (Å²) in [4.78, 5) is 2.29. The van der Waals surface area contributed by atoms with E-state index >= 15 is 0 Å². The quantitative estimate of drug-likeness (QED) is 0.545. The van der Waals surface area contributed by atoms with Gasteiger partial charge in [-0.2, -0.15) is 5.26 Å². The van der Waals surface area contributed by atoms with Gasteiger partial charge < -0.3 is 4.90 Å². The zero-order valence-corrected chi connectivity index (χ0v) is 6.67. The van der Waals surface area contributed by atoms with Gasteiger partial charge in [-0.3, -0.25) is 0 Å².